The number of aromatic nitrogens is 2. The van der Waals surface area contributed by atoms with E-state index in [4.69, 9.17) is 0 Å². The Morgan fingerprint density at radius 3 is 2.95 bits per heavy atom. The molecule has 2 unspecified atom stereocenters. The summed E-state index contributed by atoms with van der Waals surface area (Å²) in [4.78, 5) is 22.1. The van der Waals surface area contributed by atoms with Gasteiger partial charge in [-0.1, -0.05) is 6.07 Å². The molecule has 1 aliphatic rings. The number of thiazole rings is 1. The normalized spacial score (nSPS) is 21.0. The summed E-state index contributed by atoms with van der Waals surface area (Å²) in [6.07, 6.45) is 2.44. The van der Waals surface area contributed by atoms with Gasteiger partial charge in [0, 0.05) is 11.1 Å². The first-order valence-corrected chi connectivity index (χ1v) is 8.07. The number of pyridine rings is 1. The van der Waals surface area contributed by atoms with Crippen molar-refractivity contribution in [3.63, 3.8) is 0 Å². The highest BCUT2D eigenvalue weighted by Gasteiger charge is 2.31. The van der Waals surface area contributed by atoms with E-state index in [2.05, 4.69) is 26.1 Å². The molecule has 3 heterocycles. The number of hydrogen-bond donors (Lipinski definition) is 3. The molecule has 0 saturated carbocycles. The third-order valence-corrected chi connectivity index (χ3v) is 4.83. The van der Waals surface area contributed by atoms with E-state index < -0.39 is 0 Å². The average Bonchev–Trinajstić information content (AvgIpc) is 3.12. The molecule has 116 valence electrons. The highest BCUT2D eigenvalue weighted by molar-refractivity contribution is 7.11. The lowest BCUT2D eigenvalue weighted by molar-refractivity contribution is -0.123. The van der Waals surface area contributed by atoms with Crippen molar-refractivity contribution in [2.75, 3.05) is 0 Å². The van der Waals surface area contributed by atoms with Gasteiger partial charge in [-0.05, 0) is 32.4 Å². The number of rotatable bonds is 4. The Labute approximate surface area is 133 Å². The lowest BCUT2D eigenvalue weighted by Crippen LogP contribution is -2.42. The fourth-order valence-corrected chi connectivity index (χ4v) is 3.57. The summed E-state index contributed by atoms with van der Waals surface area (Å²) in [6, 6.07) is 5.56. The van der Waals surface area contributed by atoms with Gasteiger partial charge in [0.25, 0.3) is 0 Å². The van der Waals surface area contributed by atoms with Gasteiger partial charge in [0.15, 0.2) is 0 Å². The lowest BCUT2D eigenvalue weighted by atomic mass is 10.1. The second-order valence-corrected chi connectivity index (χ2v) is 6.59. The number of carbonyl (C=O) groups is 1. The third kappa shape index (κ3) is 3.32. The largest absolute Gasteiger partial charge is 0.349 e. The fourth-order valence-electron chi connectivity index (χ4n) is 2.57. The molecule has 1 saturated heterocycles. The van der Waals surface area contributed by atoms with Crippen LogP contribution >= 0.6 is 11.3 Å². The summed E-state index contributed by atoms with van der Waals surface area (Å²) in [5.74, 6) is -0.0143. The molecule has 2 aromatic heterocycles. The molecule has 1 amide bonds. The van der Waals surface area contributed by atoms with Crippen LogP contribution in [0, 0.1) is 13.8 Å². The summed E-state index contributed by atoms with van der Waals surface area (Å²) in [6.45, 7) is 4.46. The number of amides is 1. The van der Waals surface area contributed by atoms with Gasteiger partial charge in [-0.25, -0.2) is 15.8 Å². The van der Waals surface area contributed by atoms with E-state index in [1.165, 1.54) is 4.88 Å². The van der Waals surface area contributed by atoms with Crippen molar-refractivity contribution in [3.05, 3.63) is 45.7 Å². The van der Waals surface area contributed by atoms with Crippen LogP contribution < -0.4 is 16.2 Å². The molecule has 0 aliphatic carbocycles. The number of nitrogens with zero attached hydrogens (tertiary/aromatic N) is 2. The molecule has 3 N–H and O–H groups in total. The van der Waals surface area contributed by atoms with E-state index in [-0.39, 0.29) is 18.0 Å². The maximum Gasteiger partial charge on any atom is 0.238 e. The Kier molecular flexibility index (Phi) is 4.47. The van der Waals surface area contributed by atoms with E-state index >= 15 is 0 Å². The minimum Gasteiger partial charge on any atom is -0.349 e. The Hall–Kier alpha value is -1.83. The second kappa shape index (κ2) is 6.51. The molecule has 0 spiro atoms. The molecular formula is C15H19N5OS. The molecule has 0 radical (unpaired) electrons. The monoisotopic (exact) mass is 317 g/mol. The van der Waals surface area contributed by atoms with Crippen LogP contribution in [0.25, 0.3) is 0 Å². The third-order valence-electron chi connectivity index (χ3n) is 3.65. The van der Waals surface area contributed by atoms with Crippen molar-refractivity contribution in [1.29, 1.82) is 0 Å². The fraction of sp³-hybridized carbons (Fsp3) is 0.400. The van der Waals surface area contributed by atoms with Crippen LogP contribution in [0.1, 0.15) is 33.7 Å². The number of carbonyl (C=O) groups excluding carboxylic acids is 1. The zero-order valence-corrected chi connectivity index (χ0v) is 13.4. The van der Waals surface area contributed by atoms with Gasteiger partial charge in [0.05, 0.1) is 29.0 Å². The van der Waals surface area contributed by atoms with Crippen LogP contribution in [-0.2, 0) is 11.3 Å². The molecule has 2 aromatic rings. The highest BCUT2D eigenvalue weighted by atomic mass is 32.1. The molecule has 1 aliphatic heterocycles. The zero-order valence-electron chi connectivity index (χ0n) is 12.6. The SMILES string of the molecule is Cc1nc(C)c(C2CC(C(=O)NCc3ccccn3)NN2)s1. The smallest absolute Gasteiger partial charge is 0.238 e. The minimum atomic E-state index is -0.240. The molecule has 0 bridgehead atoms. The van der Waals surface area contributed by atoms with Crippen molar-refractivity contribution in [2.45, 2.75) is 38.9 Å². The molecule has 2 atom stereocenters. The van der Waals surface area contributed by atoms with Gasteiger partial charge in [0.2, 0.25) is 5.91 Å². The first-order chi connectivity index (χ1) is 10.6. The Bertz CT molecular complexity index is 657. The van der Waals surface area contributed by atoms with Crippen LogP contribution in [0.4, 0.5) is 0 Å². The van der Waals surface area contributed by atoms with Crippen molar-refractivity contribution in [2.24, 2.45) is 0 Å². The first kappa shape index (κ1) is 15.1. The van der Waals surface area contributed by atoms with E-state index in [1.807, 2.05) is 32.0 Å². The van der Waals surface area contributed by atoms with Gasteiger partial charge in [-0.15, -0.1) is 11.3 Å². The van der Waals surface area contributed by atoms with Crippen LogP contribution in [0.15, 0.2) is 24.4 Å². The summed E-state index contributed by atoms with van der Waals surface area (Å²) in [5.41, 5.74) is 8.17. The molecule has 1 fully saturated rings. The molecule has 0 aromatic carbocycles. The first-order valence-electron chi connectivity index (χ1n) is 7.26. The van der Waals surface area contributed by atoms with Gasteiger partial charge in [-0.3, -0.25) is 9.78 Å². The van der Waals surface area contributed by atoms with E-state index in [9.17, 15) is 4.79 Å². The van der Waals surface area contributed by atoms with Crippen molar-refractivity contribution in [3.8, 4) is 0 Å². The highest BCUT2D eigenvalue weighted by Crippen LogP contribution is 2.29. The standard InChI is InChI=1S/C15H19N5OS/c1-9-14(22-10(2)18-9)12-7-13(20-19-12)15(21)17-8-11-5-3-4-6-16-11/h3-6,12-13,19-20H,7-8H2,1-2H3,(H,17,21). The maximum absolute atomic E-state index is 12.2. The number of aryl methyl sites for hydroxylation is 2. The van der Waals surface area contributed by atoms with Gasteiger partial charge >= 0.3 is 0 Å². The van der Waals surface area contributed by atoms with Gasteiger partial charge < -0.3 is 5.32 Å². The van der Waals surface area contributed by atoms with Gasteiger partial charge in [-0.2, -0.15) is 0 Å². The van der Waals surface area contributed by atoms with E-state index in [0.29, 0.717) is 6.54 Å². The number of hydrazine groups is 1. The Balaban J connectivity index is 1.56. The summed E-state index contributed by atoms with van der Waals surface area (Å²) >= 11 is 1.68. The molecular weight excluding hydrogens is 298 g/mol. The van der Waals surface area contributed by atoms with Crippen molar-refractivity contribution in [1.82, 2.24) is 26.1 Å². The molecule has 3 rings (SSSR count). The van der Waals surface area contributed by atoms with E-state index in [1.54, 1.807) is 17.5 Å². The lowest BCUT2D eigenvalue weighted by Gasteiger charge is -2.10. The minimum absolute atomic E-state index is 0.0143. The maximum atomic E-state index is 12.2. The van der Waals surface area contributed by atoms with Gasteiger partial charge in [0.1, 0.15) is 6.04 Å². The predicted molar refractivity (Wildman–Crippen MR) is 85.1 cm³/mol. The molecule has 6 nitrogen and oxygen atoms in total. The predicted octanol–water partition coefficient (Wildman–Crippen LogP) is 1.38. The Morgan fingerprint density at radius 2 is 2.27 bits per heavy atom. The van der Waals surface area contributed by atoms with Crippen LogP contribution in [0.2, 0.25) is 0 Å². The zero-order chi connectivity index (χ0) is 15.5. The van der Waals surface area contributed by atoms with Crippen molar-refractivity contribution >= 4 is 17.2 Å². The Morgan fingerprint density at radius 1 is 1.41 bits per heavy atom. The van der Waals surface area contributed by atoms with Crippen LogP contribution in [-0.4, -0.2) is 21.9 Å². The van der Waals surface area contributed by atoms with E-state index in [0.717, 1.165) is 22.8 Å². The molecule has 22 heavy (non-hydrogen) atoms. The number of nitrogens with one attached hydrogen (secondary N) is 3. The van der Waals surface area contributed by atoms with Crippen LogP contribution in [0.3, 0.4) is 0 Å². The quantitative estimate of drug-likeness (QED) is 0.794. The topological polar surface area (TPSA) is 78.9 Å². The summed E-state index contributed by atoms with van der Waals surface area (Å²) in [7, 11) is 0. The summed E-state index contributed by atoms with van der Waals surface area (Å²) in [5, 5.41) is 3.97. The van der Waals surface area contributed by atoms with Crippen LogP contribution in [0.5, 0.6) is 0 Å². The summed E-state index contributed by atoms with van der Waals surface area (Å²) < 4.78 is 0. The number of hydrogen-bond acceptors (Lipinski definition) is 6. The van der Waals surface area contributed by atoms with Crippen molar-refractivity contribution < 1.29 is 4.79 Å². The average molecular weight is 317 g/mol. The second-order valence-electron chi connectivity index (χ2n) is 5.35. The molecule has 7 heteroatoms.